The highest BCUT2D eigenvalue weighted by molar-refractivity contribution is 9.10. The Labute approximate surface area is 202 Å². The van der Waals surface area contributed by atoms with Crippen LogP contribution in [0.1, 0.15) is 32.6 Å². The number of benzene rings is 1. The molecule has 0 saturated heterocycles. The van der Waals surface area contributed by atoms with Crippen LogP contribution in [0, 0.1) is 27.2 Å². The maximum absolute atomic E-state index is 12.2. The van der Waals surface area contributed by atoms with Crippen molar-refractivity contribution >= 4 is 50.9 Å². The number of nitro groups is 2. The number of hydrogen-bond acceptors (Lipinski definition) is 10. The lowest BCUT2D eigenvalue weighted by atomic mass is 10.2. The molecular formula is C17H14BrClN8O7. The van der Waals surface area contributed by atoms with Gasteiger partial charge in [-0.3, -0.25) is 19.7 Å². The summed E-state index contributed by atoms with van der Waals surface area (Å²) < 4.78 is 6.39. The van der Waals surface area contributed by atoms with E-state index >= 15 is 0 Å². The number of non-ortho nitro benzene ring substituents is 1. The summed E-state index contributed by atoms with van der Waals surface area (Å²) in [6, 6.07) is 3.46. The molecule has 0 unspecified atom stereocenters. The SMILES string of the molecule is Cc1c(Br)c([N+](=O)[O-])nn1Cc1noc(C(=O)NCCNC(=O)c2cc([N+](=O)[O-])ccc2Cl)n1. The van der Waals surface area contributed by atoms with Crippen LogP contribution in [0.4, 0.5) is 11.5 Å². The first-order valence-corrected chi connectivity index (χ1v) is 10.5. The van der Waals surface area contributed by atoms with Gasteiger partial charge in [0, 0.05) is 25.2 Å². The first-order chi connectivity index (χ1) is 16.1. The van der Waals surface area contributed by atoms with Crippen molar-refractivity contribution in [3.63, 3.8) is 0 Å². The van der Waals surface area contributed by atoms with Gasteiger partial charge in [0.05, 0.1) is 26.3 Å². The van der Waals surface area contributed by atoms with E-state index in [-0.39, 0.29) is 57.9 Å². The number of carbonyl (C=O) groups excluding carboxylic acids is 2. The third-order valence-electron chi connectivity index (χ3n) is 4.34. The van der Waals surface area contributed by atoms with Crippen molar-refractivity contribution in [2.75, 3.05) is 13.1 Å². The van der Waals surface area contributed by atoms with Crippen molar-refractivity contribution in [2.45, 2.75) is 13.5 Å². The molecule has 2 heterocycles. The number of carbonyl (C=O) groups is 2. The van der Waals surface area contributed by atoms with Gasteiger partial charge < -0.3 is 25.3 Å². The summed E-state index contributed by atoms with van der Waals surface area (Å²) in [5, 5.41) is 34.3. The zero-order valence-electron chi connectivity index (χ0n) is 17.2. The van der Waals surface area contributed by atoms with Gasteiger partial charge in [0.25, 0.3) is 11.6 Å². The van der Waals surface area contributed by atoms with Gasteiger partial charge in [-0.25, -0.2) is 0 Å². The second-order valence-corrected chi connectivity index (χ2v) is 7.79. The topological polar surface area (TPSA) is 201 Å². The molecule has 2 amide bonds. The average Bonchev–Trinajstić information content (AvgIpc) is 3.37. The molecule has 2 N–H and O–H groups in total. The van der Waals surface area contributed by atoms with Crippen molar-refractivity contribution in [3.8, 4) is 0 Å². The lowest BCUT2D eigenvalue weighted by molar-refractivity contribution is -0.390. The molecule has 0 radical (unpaired) electrons. The van der Waals surface area contributed by atoms with Crippen LogP contribution in [0.3, 0.4) is 0 Å². The van der Waals surface area contributed by atoms with Gasteiger partial charge in [0.2, 0.25) is 0 Å². The van der Waals surface area contributed by atoms with Crippen LogP contribution in [0.5, 0.6) is 0 Å². The first-order valence-electron chi connectivity index (χ1n) is 9.28. The fourth-order valence-electron chi connectivity index (χ4n) is 2.65. The Bertz CT molecular complexity index is 1290. The van der Waals surface area contributed by atoms with E-state index in [0.29, 0.717) is 5.69 Å². The Morgan fingerprint density at radius 2 is 1.85 bits per heavy atom. The van der Waals surface area contributed by atoms with Crippen molar-refractivity contribution in [3.05, 3.63) is 70.9 Å². The minimum absolute atomic E-state index is 0.0191. The predicted octanol–water partition coefficient (Wildman–Crippen LogP) is 2.01. The van der Waals surface area contributed by atoms with E-state index in [9.17, 15) is 29.8 Å². The van der Waals surface area contributed by atoms with Gasteiger partial charge in [0.1, 0.15) is 11.0 Å². The standard InChI is InChI=1S/C17H14BrClN8O7/c1-8-13(18)14(27(32)33)23-25(8)7-12-22-17(34-24-12)16(29)21-5-4-20-15(28)10-6-9(26(30)31)2-3-11(10)19/h2-3,6H,4-5,7H2,1H3,(H,20,28)(H,21,29). The van der Waals surface area contributed by atoms with E-state index in [2.05, 4.69) is 41.8 Å². The number of nitrogens with one attached hydrogen (secondary N) is 2. The van der Waals surface area contributed by atoms with Gasteiger partial charge in [-0.1, -0.05) is 16.8 Å². The van der Waals surface area contributed by atoms with E-state index in [1.165, 1.54) is 16.8 Å². The molecule has 0 saturated carbocycles. The fraction of sp³-hybridized carbons (Fsp3) is 0.235. The molecule has 17 heteroatoms. The van der Waals surface area contributed by atoms with Crippen LogP contribution in [0.2, 0.25) is 5.02 Å². The number of nitrogens with zero attached hydrogens (tertiary/aromatic N) is 6. The summed E-state index contributed by atoms with van der Waals surface area (Å²) in [4.78, 5) is 48.8. The van der Waals surface area contributed by atoms with E-state index < -0.39 is 21.7 Å². The number of rotatable bonds is 9. The van der Waals surface area contributed by atoms with Gasteiger partial charge in [-0.15, -0.1) is 0 Å². The normalized spacial score (nSPS) is 10.7. The Morgan fingerprint density at radius 1 is 1.18 bits per heavy atom. The maximum Gasteiger partial charge on any atom is 0.404 e. The molecule has 0 fully saturated rings. The van der Waals surface area contributed by atoms with Crippen LogP contribution in [-0.4, -0.2) is 54.7 Å². The molecule has 2 aromatic heterocycles. The van der Waals surface area contributed by atoms with E-state index in [0.717, 1.165) is 6.07 Å². The summed E-state index contributed by atoms with van der Waals surface area (Å²) in [7, 11) is 0. The van der Waals surface area contributed by atoms with Crippen LogP contribution in [0.15, 0.2) is 27.2 Å². The summed E-state index contributed by atoms with van der Waals surface area (Å²) in [6.45, 7) is 1.49. The van der Waals surface area contributed by atoms with Gasteiger partial charge in [-0.05, 0) is 33.8 Å². The maximum atomic E-state index is 12.2. The third-order valence-corrected chi connectivity index (χ3v) is 5.60. The van der Waals surface area contributed by atoms with Gasteiger partial charge in [-0.2, -0.15) is 9.67 Å². The molecule has 34 heavy (non-hydrogen) atoms. The smallest absolute Gasteiger partial charge is 0.358 e. The molecule has 178 valence electrons. The van der Waals surface area contributed by atoms with E-state index in [4.69, 9.17) is 16.1 Å². The number of nitro benzene ring substituents is 1. The summed E-state index contributed by atoms with van der Waals surface area (Å²) in [6.07, 6.45) is 0. The van der Waals surface area contributed by atoms with Gasteiger partial charge in [0.15, 0.2) is 5.82 Å². The second kappa shape index (κ2) is 10.3. The van der Waals surface area contributed by atoms with Crippen molar-refractivity contribution < 1.29 is 24.0 Å². The van der Waals surface area contributed by atoms with Crippen molar-refractivity contribution in [1.29, 1.82) is 0 Å². The predicted molar refractivity (Wildman–Crippen MR) is 117 cm³/mol. The molecule has 0 atom stereocenters. The molecule has 3 aromatic rings. The minimum atomic E-state index is -0.717. The molecule has 1 aromatic carbocycles. The molecule has 0 aliphatic heterocycles. The van der Waals surface area contributed by atoms with Gasteiger partial charge >= 0.3 is 17.6 Å². The van der Waals surface area contributed by atoms with Crippen LogP contribution in [0.25, 0.3) is 0 Å². The largest absolute Gasteiger partial charge is 0.404 e. The summed E-state index contributed by atoms with van der Waals surface area (Å²) in [5.41, 5.74) is 0.0916. The number of halogens is 2. The monoisotopic (exact) mass is 556 g/mol. The molecule has 15 nitrogen and oxygen atoms in total. The Balaban J connectivity index is 1.53. The Hall–Kier alpha value is -3.92. The molecule has 3 rings (SSSR count). The molecule has 0 bridgehead atoms. The number of hydrogen-bond donors (Lipinski definition) is 2. The number of aromatic nitrogens is 4. The highest BCUT2D eigenvalue weighted by Crippen LogP contribution is 2.27. The average molecular weight is 558 g/mol. The molecule has 0 spiro atoms. The first kappa shape index (κ1) is 24.7. The summed E-state index contributed by atoms with van der Waals surface area (Å²) in [5.74, 6) is -2.04. The van der Waals surface area contributed by atoms with Crippen LogP contribution in [-0.2, 0) is 6.54 Å². The van der Waals surface area contributed by atoms with E-state index in [1.807, 2.05) is 0 Å². The highest BCUT2D eigenvalue weighted by atomic mass is 79.9. The quantitative estimate of drug-likeness (QED) is 0.222. The molecule has 0 aliphatic carbocycles. The Kier molecular flexibility index (Phi) is 7.52. The van der Waals surface area contributed by atoms with E-state index in [1.54, 1.807) is 6.92 Å². The highest BCUT2D eigenvalue weighted by Gasteiger charge is 2.25. The lowest BCUT2D eigenvalue weighted by Crippen LogP contribution is -2.35. The summed E-state index contributed by atoms with van der Waals surface area (Å²) >= 11 is 9.01. The molecule has 0 aliphatic rings. The third kappa shape index (κ3) is 5.52. The van der Waals surface area contributed by atoms with Crippen LogP contribution >= 0.6 is 27.5 Å². The lowest BCUT2D eigenvalue weighted by Gasteiger charge is -2.07. The fourth-order valence-corrected chi connectivity index (χ4v) is 3.28. The second-order valence-electron chi connectivity index (χ2n) is 6.59. The Morgan fingerprint density at radius 3 is 2.47 bits per heavy atom. The number of amides is 2. The van der Waals surface area contributed by atoms with Crippen molar-refractivity contribution in [1.82, 2.24) is 30.6 Å². The zero-order chi connectivity index (χ0) is 25.0. The molecular weight excluding hydrogens is 544 g/mol. The van der Waals surface area contributed by atoms with Crippen LogP contribution < -0.4 is 10.6 Å². The van der Waals surface area contributed by atoms with Crippen molar-refractivity contribution in [2.24, 2.45) is 0 Å². The zero-order valence-corrected chi connectivity index (χ0v) is 19.5. The minimum Gasteiger partial charge on any atom is -0.358 e.